The molecule has 0 saturated carbocycles. The van der Waals surface area contributed by atoms with E-state index in [1.165, 1.54) is 17.7 Å². The lowest BCUT2D eigenvalue weighted by Crippen LogP contribution is -1.97. The van der Waals surface area contributed by atoms with Crippen LogP contribution in [0.15, 0.2) is 34.5 Å². The highest BCUT2D eigenvalue weighted by Crippen LogP contribution is 2.34. The van der Waals surface area contributed by atoms with Gasteiger partial charge in [0.05, 0.1) is 15.9 Å². The fraction of sp³-hybridized carbons (Fsp3) is 0. The molecule has 0 bridgehead atoms. The number of pyridine rings is 1. The minimum absolute atomic E-state index is 0.349. The average Bonchev–Trinajstić information content (AvgIpc) is 2.95. The van der Waals surface area contributed by atoms with Gasteiger partial charge in [-0.05, 0) is 22.0 Å². The largest absolute Gasteiger partial charge is 0.398 e. The molecule has 0 atom stereocenters. The Hall–Kier alpha value is -1.57. The minimum Gasteiger partial charge on any atom is -0.398 e. The summed E-state index contributed by atoms with van der Waals surface area (Å²) in [6.45, 7) is 0. The SMILES string of the molecule is Nc1cc(-c2nccs2)nc(-c2cc(Cl)ncn2)c1Br. The molecule has 0 aliphatic heterocycles. The second-order valence-corrected chi connectivity index (χ2v) is 5.90. The van der Waals surface area contributed by atoms with Crippen molar-refractivity contribution < 1.29 is 0 Å². The highest BCUT2D eigenvalue weighted by Gasteiger charge is 2.14. The van der Waals surface area contributed by atoms with Gasteiger partial charge in [-0.2, -0.15) is 0 Å². The molecule has 3 aromatic rings. The van der Waals surface area contributed by atoms with E-state index in [2.05, 4.69) is 35.9 Å². The Kier molecular flexibility index (Phi) is 3.64. The summed E-state index contributed by atoms with van der Waals surface area (Å²) in [7, 11) is 0. The minimum atomic E-state index is 0.349. The van der Waals surface area contributed by atoms with Gasteiger partial charge in [0.1, 0.15) is 27.9 Å². The third-order valence-corrected chi connectivity index (χ3v) is 4.35. The maximum Gasteiger partial charge on any atom is 0.141 e. The first kappa shape index (κ1) is 13.4. The van der Waals surface area contributed by atoms with E-state index in [0.29, 0.717) is 32.4 Å². The van der Waals surface area contributed by atoms with Gasteiger partial charge in [-0.1, -0.05) is 11.6 Å². The first-order valence-electron chi connectivity index (χ1n) is 5.49. The zero-order valence-corrected chi connectivity index (χ0v) is 13.1. The standard InChI is InChI=1S/C12H7BrClN5S/c13-10-6(15)3-8(12-16-1-2-20-12)19-11(10)7-4-9(14)18-5-17-7/h1-5H,(H2,15,19). The molecule has 20 heavy (non-hydrogen) atoms. The van der Waals surface area contributed by atoms with Gasteiger partial charge >= 0.3 is 0 Å². The molecular weight excluding hydrogens is 362 g/mol. The van der Waals surface area contributed by atoms with E-state index >= 15 is 0 Å². The predicted octanol–water partition coefficient (Wildman–Crippen LogP) is 3.66. The van der Waals surface area contributed by atoms with Crippen molar-refractivity contribution in [3.05, 3.63) is 39.7 Å². The van der Waals surface area contributed by atoms with Gasteiger partial charge in [-0.3, -0.25) is 0 Å². The lowest BCUT2D eigenvalue weighted by molar-refractivity contribution is 1.15. The quantitative estimate of drug-likeness (QED) is 0.698. The Bertz CT molecular complexity index is 763. The Morgan fingerprint density at radius 2 is 2.00 bits per heavy atom. The Labute approximate surface area is 132 Å². The number of thiazole rings is 1. The first-order valence-corrected chi connectivity index (χ1v) is 7.54. The van der Waals surface area contributed by atoms with Crippen LogP contribution in [0.25, 0.3) is 22.1 Å². The van der Waals surface area contributed by atoms with Gasteiger partial charge < -0.3 is 5.73 Å². The molecule has 0 spiro atoms. The zero-order chi connectivity index (χ0) is 14.1. The van der Waals surface area contributed by atoms with Crippen LogP contribution >= 0.6 is 38.9 Å². The molecule has 0 fully saturated rings. The average molecular weight is 369 g/mol. The molecule has 3 aromatic heterocycles. The summed E-state index contributed by atoms with van der Waals surface area (Å²) in [5.41, 5.74) is 8.49. The van der Waals surface area contributed by atoms with E-state index in [9.17, 15) is 0 Å². The summed E-state index contributed by atoms with van der Waals surface area (Å²) in [6.07, 6.45) is 3.11. The smallest absolute Gasteiger partial charge is 0.141 e. The van der Waals surface area contributed by atoms with Crippen LogP contribution in [0.3, 0.4) is 0 Å². The second kappa shape index (κ2) is 5.43. The van der Waals surface area contributed by atoms with Gasteiger partial charge in [-0.25, -0.2) is 19.9 Å². The van der Waals surface area contributed by atoms with Crippen molar-refractivity contribution >= 4 is 44.6 Å². The number of hydrogen-bond donors (Lipinski definition) is 1. The van der Waals surface area contributed by atoms with Gasteiger partial charge in [0, 0.05) is 17.6 Å². The van der Waals surface area contributed by atoms with Gasteiger partial charge in [-0.15, -0.1) is 11.3 Å². The van der Waals surface area contributed by atoms with Gasteiger partial charge in [0.15, 0.2) is 0 Å². The topological polar surface area (TPSA) is 77.6 Å². The second-order valence-electron chi connectivity index (χ2n) is 3.82. The lowest BCUT2D eigenvalue weighted by Gasteiger charge is -2.08. The molecular formula is C12H7BrClN5S. The number of nitrogen functional groups attached to an aromatic ring is 1. The summed E-state index contributed by atoms with van der Waals surface area (Å²) >= 11 is 10.8. The van der Waals surface area contributed by atoms with E-state index in [-0.39, 0.29) is 0 Å². The van der Waals surface area contributed by atoms with E-state index < -0.39 is 0 Å². The summed E-state index contributed by atoms with van der Waals surface area (Å²) in [5, 5.41) is 3.03. The Balaban J connectivity index is 2.20. The molecule has 8 heteroatoms. The van der Waals surface area contributed by atoms with Crippen LogP contribution in [0.5, 0.6) is 0 Å². The first-order chi connectivity index (χ1) is 9.65. The molecule has 3 heterocycles. The molecule has 0 aromatic carbocycles. The molecule has 2 N–H and O–H groups in total. The molecule has 0 unspecified atom stereocenters. The van der Waals surface area contributed by atoms with Crippen molar-refractivity contribution in [3.63, 3.8) is 0 Å². The molecule has 5 nitrogen and oxygen atoms in total. The third kappa shape index (κ3) is 2.52. The van der Waals surface area contributed by atoms with Crippen LogP contribution in [0, 0.1) is 0 Å². The highest BCUT2D eigenvalue weighted by atomic mass is 79.9. The van der Waals surface area contributed by atoms with Gasteiger partial charge in [0.2, 0.25) is 0 Å². The monoisotopic (exact) mass is 367 g/mol. The maximum absolute atomic E-state index is 6.02. The van der Waals surface area contributed by atoms with Crippen molar-refractivity contribution in [2.45, 2.75) is 0 Å². The van der Waals surface area contributed by atoms with Crippen molar-refractivity contribution in [2.75, 3.05) is 5.73 Å². The number of hydrogen-bond acceptors (Lipinski definition) is 6. The van der Waals surface area contributed by atoms with E-state index in [1.807, 2.05) is 5.38 Å². The fourth-order valence-corrected chi connectivity index (χ4v) is 2.79. The van der Waals surface area contributed by atoms with Crippen molar-refractivity contribution in [2.24, 2.45) is 0 Å². The normalized spacial score (nSPS) is 10.7. The van der Waals surface area contributed by atoms with E-state index in [4.69, 9.17) is 17.3 Å². The molecule has 0 saturated heterocycles. The van der Waals surface area contributed by atoms with Crippen LogP contribution < -0.4 is 5.73 Å². The molecule has 0 radical (unpaired) electrons. The van der Waals surface area contributed by atoms with Crippen LogP contribution in [-0.4, -0.2) is 19.9 Å². The number of rotatable bonds is 2. The number of halogens is 2. The summed E-state index contributed by atoms with van der Waals surface area (Å²) < 4.78 is 0.674. The maximum atomic E-state index is 6.02. The van der Waals surface area contributed by atoms with E-state index in [0.717, 1.165) is 5.01 Å². The Morgan fingerprint density at radius 3 is 2.70 bits per heavy atom. The summed E-state index contributed by atoms with van der Waals surface area (Å²) in [5.74, 6) is 0. The summed E-state index contributed by atoms with van der Waals surface area (Å²) in [6, 6.07) is 3.41. The van der Waals surface area contributed by atoms with E-state index in [1.54, 1.807) is 18.3 Å². The summed E-state index contributed by atoms with van der Waals surface area (Å²) in [4.78, 5) is 16.8. The molecule has 0 amide bonds. The van der Waals surface area contributed by atoms with Gasteiger partial charge in [0.25, 0.3) is 0 Å². The van der Waals surface area contributed by atoms with Crippen molar-refractivity contribution in [1.29, 1.82) is 0 Å². The zero-order valence-electron chi connectivity index (χ0n) is 9.92. The van der Waals surface area contributed by atoms with Crippen LogP contribution in [-0.2, 0) is 0 Å². The highest BCUT2D eigenvalue weighted by molar-refractivity contribution is 9.10. The van der Waals surface area contributed by atoms with Crippen molar-refractivity contribution in [3.8, 4) is 22.1 Å². The Morgan fingerprint density at radius 1 is 1.15 bits per heavy atom. The number of nitrogens with two attached hydrogens (primary N) is 1. The molecule has 0 aliphatic rings. The van der Waals surface area contributed by atoms with Crippen LogP contribution in [0.1, 0.15) is 0 Å². The molecule has 100 valence electrons. The predicted molar refractivity (Wildman–Crippen MR) is 83.5 cm³/mol. The van der Waals surface area contributed by atoms with Crippen LogP contribution in [0.2, 0.25) is 5.15 Å². The number of anilines is 1. The van der Waals surface area contributed by atoms with Crippen LogP contribution in [0.4, 0.5) is 5.69 Å². The number of aromatic nitrogens is 4. The van der Waals surface area contributed by atoms with Crippen molar-refractivity contribution in [1.82, 2.24) is 19.9 Å². The molecule has 0 aliphatic carbocycles. The lowest BCUT2D eigenvalue weighted by atomic mass is 10.2. The third-order valence-electron chi connectivity index (χ3n) is 2.51. The number of nitrogens with zero attached hydrogens (tertiary/aromatic N) is 4. The fourth-order valence-electron chi connectivity index (χ4n) is 1.64. The molecule has 3 rings (SSSR count).